The molecule has 96 valence electrons. The SMILES string of the molecule is CCCC(CCl)(CCl)Cc1cccc(Cl)c1Cl. The standard InChI is InChI=1S/C13H16Cl4/c1-2-6-13(8-14,9-15)7-10-4-3-5-11(16)12(10)17/h3-5H,2,6-9H2,1H3. The number of hydrogen-bond acceptors (Lipinski definition) is 0. The minimum atomic E-state index is -0.0911. The first-order chi connectivity index (χ1) is 8.08. The lowest BCUT2D eigenvalue weighted by Gasteiger charge is -2.29. The summed E-state index contributed by atoms with van der Waals surface area (Å²) in [5.41, 5.74) is 0.931. The van der Waals surface area contributed by atoms with E-state index in [-0.39, 0.29) is 5.41 Å². The molecular weight excluding hydrogens is 298 g/mol. The highest BCUT2D eigenvalue weighted by atomic mass is 35.5. The van der Waals surface area contributed by atoms with Gasteiger partial charge in [-0.05, 0) is 24.5 Å². The van der Waals surface area contributed by atoms with Crippen LogP contribution in [0.2, 0.25) is 10.0 Å². The van der Waals surface area contributed by atoms with Gasteiger partial charge in [-0.2, -0.15) is 0 Å². The molecule has 17 heavy (non-hydrogen) atoms. The molecule has 1 aromatic rings. The Hall–Kier alpha value is 0.380. The summed E-state index contributed by atoms with van der Waals surface area (Å²) >= 11 is 24.4. The second-order valence-corrected chi connectivity index (χ2v) is 5.73. The Labute approximate surface area is 123 Å². The van der Waals surface area contributed by atoms with E-state index in [1.165, 1.54) is 0 Å². The fourth-order valence-corrected chi connectivity index (χ4v) is 3.10. The first kappa shape index (κ1) is 15.4. The predicted molar refractivity (Wildman–Crippen MR) is 78.9 cm³/mol. The number of benzene rings is 1. The third kappa shape index (κ3) is 3.92. The molecule has 0 N–H and O–H groups in total. The Balaban J connectivity index is 2.97. The van der Waals surface area contributed by atoms with Gasteiger partial charge in [-0.25, -0.2) is 0 Å². The number of rotatable bonds is 6. The maximum atomic E-state index is 6.20. The minimum Gasteiger partial charge on any atom is -0.126 e. The fourth-order valence-electron chi connectivity index (χ4n) is 1.97. The van der Waals surface area contributed by atoms with Crippen LogP contribution >= 0.6 is 46.4 Å². The van der Waals surface area contributed by atoms with Gasteiger partial charge in [-0.3, -0.25) is 0 Å². The van der Waals surface area contributed by atoms with Crippen molar-refractivity contribution >= 4 is 46.4 Å². The molecule has 0 heterocycles. The third-order valence-electron chi connectivity index (χ3n) is 2.94. The second-order valence-electron chi connectivity index (χ2n) is 4.41. The van der Waals surface area contributed by atoms with E-state index in [9.17, 15) is 0 Å². The largest absolute Gasteiger partial charge is 0.126 e. The van der Waals surface area contributed by atoms with Gasteiger partial charge in [0.1, 0.15) is 0 Å². The molecule has 0 atom stereocenters. The summed E-state index contributed by atoms with van der Waals surface area (Å²) in [5, 5.41) is 1.20. The van der Waals surface area contributed by atoms with E-state index in [0.29, 0.717) is 21.8 Å². The Kier molecular flexibility index (Phi) is 6.44. The predicted octanol–water partition coefficient (Wildman–Crippen LogP) is 5.80. The molecule has 0 nitrogen and oxygen atoms in total. The van der Waals surface area contributed by atoms with Gasteiger partial charge in [0, 0.05) is 17.2 Å². The van der Waals surface area contributed by atoms with Gasteiger partial charge in [0.2, 0.25) is 0 Å². The first-order valence-electron chi connectivity index (χ1n) is 5.63. The lowest BCUT2D eigenvalue weighted by Crippen LogP contribution is -2.28. The summed E-state index contributed by atoms with van der Waals surface area (Å²) in [6, 6.07) is 5.68. The second kappa shape index (κ2) is 7.09. The van der Waals surface area contributed by atoms with Crippen LogP contribution in [0.4, 0.5) is 0 Å². The van der Waals surface area contributed by atoms with Gasteiger partial charge in [0.15, 0.2) is 0 Å². The van der Waals surface area contributed by atoms with E-state index in [1.807, 2.05) is 12.1 Å². The van der Waals surface area contributed by atoms with Gasteiger partial charge in [-0.1, -0.05) is 48.7 Å². The minimum absolute atomic E-state index is 0.0911. The molecule has 0 aliphatic heterocycles. The van der Waals surface area contributed by atoms with Gasteiger partial charge in [-0.15, -0.1) is 23.2 Å². The highest BCUT2D eigenvalue weighted by molar-refractivity contribution is 6.42. The molecular formula is C13H16Cl4. The molecule has 0 spiro atoms. The van der Waals surface area contributed by atoms with Crippen molar-refractivity contribution in [3.05, 3.63) is 33.8 Å². The molecule has 0 aliphatic rings. The van der Waals surface area contributed by atoms with E-state index in [0.717, 1.165) is 24.8 Å². The first-order valence-corrected chi connectivity index (χ1v) is 7.46. The van der Waals surface area contributed by atoms with Crippen molar-refractivity contribution < 1.29 is 0 Å². The molecule has 1 aromatic carbocycles. The molecule has 0 radical (unpaired) electrons. The zero-order valence-corrected chi connectivity index (χ0v) is 12.8. The van der Waals surface area contributed by atoms with Crippen molar-refractivity contribution in [1.29, 1.82) is 0 Å². The van der Waals surface area contributed by atoms with Gasteiger partial charge in [0.25, 0.3) is 0 Å². The van der Waals surface area contributed by atoms with Crippen LogP contribution in [-0.4, -0.2) is 11.8 Å². The van der Waals surface area contributed by atoms with Crippen molar-refractivity contribution in [3.8, 4) is 0 Å². The number of alkyl halides is 2. The maximum absolute atomic E-state index is 6.20. The third-order valence-corrected chi connectivity index (χ3v) is 4.94. The summed E-state index contributed by atoms with van der Waals surface area (Å²) in [4.78, 5) is 0. The van der Waals surface area contributed by atoms with Gasteiger partial charge < -0.3 is 0 Å². The van der Waals surface area contributed by atoms with Crippen LogP contribution in [0, 0.1) is 5.41 Å². The summed E-state index contributed by atoms with van der Waals surface area (Å²) in [6.45, 7) is 2.13. The summed E-state index contributed by atoms with van der Waals surface area (Å²) < 4.78 is 0. The normalized spacial score (nSPS) is 11.8. The maximum Gasteiger partial charge on any atom is 0.0624 e. The fraction of sp³-hybridized carbons (Fsp3) is 0.538. The molecule has 0 aromatic heterocycles. The zero-order valence-electron chi connectivity index (χ0n) is 9.78. The molecule has 0 saturated heterocycles. The van der Waals surface area contributed by atoms with Crippen LogP contribution in [0.25, 0.3) is 0 Å². The van der Waals surface area contributed by atoms with E-state index < -0.39 is 0 Å². The summed E-state index contributed by atoms with van der Waals surface area (Å²) in [5.74, 6) is 1.07. The quantitative estimate of drug-likeness (QED) is 0.582. The van der Waals surface area contributed by atoms with Gasteiger partial charge >= 0.3 is 0 Å². The van der Waals surface area contributed by atoms with Crippen molar-refractivity contribution in [2.24, 2.45) is 5.41 Å². The smallest absolute Gasteiger partial charge is 0.0624 e. The topological polar surface area (TPSA) is 0 Å². The van der Waals surface area contributed by atoms with Crippen molar-refractivity contribution in [3.63, 3.8) is 0 Å². The highest BCUT2D eigenvalue weighted by Crippen LogP contribution is 2.36. The summed E-state index contributed by atoms with van der Waals surface area (Å²) in [7, 11) is 0. The Bertz CT molecular complexity index is 358. The van der Waals surface area contributed by atoms with E-state index in [1.54, 1.807) is 6.07 Å². The molecule has 4 heteroatoms. The van der Waals surface area contributed by atoms with Crippen LogP contribution in [0.1, 0.15) is 25.3 Å². The molecule has 0 unspecified atom stereocenters. The monoisotopic (exact) mass is 312 g/mol. The lowest BCUT2D eigenvalue weighted by atomic mass is 9.81. The van der Waals surface area contributed by atoms with Gasteiger partial charge in [0.05, 0.1) is 10.0 Å². The van der Waals surface area contributed by atoms with E-state index in [4.69, 9.17) is 46.4 Å². The molecule has 0 fully saturated rings. The zero-order chi connectivity index (χ0) is 12.9. The van der Waals surface area contributed by atoms with Crippen LogP contribution in [0.3, 0.4) is 0 Å². The lowest BCUT2D eigenvalue weighted by molar-refractivity contribution is 0.341. The number of halogens is 4. The van der Waals surface area contributed by atoms with Crippen molar-refractivity contribution in [2.45, 2.75) is 26.2 Å². The van der Waals surface area contributed by atoms with Crippen molar-refractivity contribution in [1.82, 2.24) is 0 Å². The highest BCUT2D eigenvalue weighted by Gasteiger charge is 2.28. The molecule has 0 amide bonds. The molecule has 0 aliphatic carbocycles. The van der Waals surface area contributed by atoms with E-state index >= 15 is 0 Å². The van der Waals surface area contributed by atoms with Crippen molar-refractivity contribution in [2.75, 3.05) is 11.8 Å². The van der Waals surface area contributed by atoms with Crippen LogP contribution in [0.15, 0.2) is 18.2 Å². The van der Waals surface area contributed by atoms with Crippen LogP contribution in [0.5, 0.6) is 0 Å². The number of hydrogen-bond donors (Lipinski definition) is 0. The Morgan fingerprint density at radius 1 is 1.12 bits per heavy atom. The Morgan fingerprint density at radius 2 is 1.76 bits per heavy atom. The average Bonchev–Trinajstić information content (AvgIpc) is 2.34. The average molecular weight is 314 g/mol. The summed E-state index contributed by atoms with van der Waals surface area (Å²) in [6.07, 6.45) is 2.81. The molecule has 0 saturated carbocycles. The van der Waals surface area contributed by atoms with E-state index in [2.05, 4.69) is 6.92 Å². The van der Waals surface area contributed by atoms with Crippen LogP contribution in [-0.2, 0) is 6.42 Å². The molecule has 1 rings (SSSR count). The van der Waals surface area contributed by atoms with Crippen LogP contribution < -0.4 is 0 Å². The molecule has 0 bridgehead atoms. The Morgan fingerprint density at radius 3 is 2.29 bits per heavy atom.